The van der Waals surface area contributed by atoms with Gasteiger partial charge < -0.3 is 4.90 Å². The zero-order valence-electron chi connectivity index (χ0n) is 13.7. The average Bonchev–Trinajstić information content (AvgIpc) is 2.78. The van der Waals surface area contributed by atoms with Gasteiger partial charge in [0.15, 0.2) is 0 Å². The molecule has 1 aliphatic carbocycles. The highest BCUT2D eigenvalue weighted by Crippen LogP contribution is 2.60. The fraction of sp³-hybridized carbons (Fsp3) is 0.500. The lowest BCUT2D eigenvalue weighted by Crippen LogP contribution is -2.63. The Morgan fingerprint density at radius 1 is 1.43 bits per heavy atom. The monoisotopic (exact) mass is 310 g/mol. The number of pyridine rings is 1. The summed E-state index contributed by atoms with van der Waals surface area (Å²) in [6, 6.07) is 4.27. The van der Waals surface area contributed by atoms with Crippen molar-refractivity contribution in [2.45, 2.75) is 45.6 Å². The molecule has 5 heteroatoms. The summed E-state index contributed by atoms with van der Waals surface area (Å²) < 4.78 is 0. The quantitative estimate of drug-likeness (QED) is 0.948. The molecule has 0 bridgehead atoms. The largest absolute Gasteiger partial charge is 0.334 e. The molecule has 1 saturated heterocycles. The molecular formula is C18H22N4O. The Morgan fingerprint density at radius 3 is 2.83 bits per heavy atom. The summed E-state index contributed by atoms with van der Waals surface area (Å²) in [6.07, 6.45) is 7.86. The highest BCUT2D eigenvalue weighted by Gasteiger charge is 2.57. The number of amides is 1. The van der Waals surface area contributed by atoms with Crippen molar-refractivity contribution in [2.75, 3.05) is 6.54 Å². The van der Waals surface area contributed by atoms with Crippen LogP contribution in [0.5, 0.6) is 0 Å². The Morgan fingerprint density at radius 2 is 2.26 bits per heavy atom. The molecule has 2 aliphatic rings. The first-order valence-corrected chi connectivity index (χ1v) is 8.30. The van der Waals surface area contributed by atoms with E-state index in [9.17, 15) is 4.79 Å². The summed E-state index contributed by atoms with van der Waals surface area (Å²) >= 11 is 0. The smallest absolute Gasteiger partial charge is 0.227 e. The van der Waals surface area contributed by atoms with Crippen molar-refractivity contribution < 1.29 is 4.79 Å². The standard InChI is InChI=1S/C18H22N4O/c1-12-15(13(2)21-20-12)9-16(23)22-11-18(6-4-7-18)17(22)14-5-3-8-19-10-14/h3,5,8,10,17H,4,6-7,9,11H2,1-2H3,(H,20,21). The first-order valence-electron chi connectivity index (χ1n) is 8.30. The number of nitrogens with zero attached hydrogens (tertiary/aromatic N) is 3. The number of carbonyl (C=O) groups is 1. The van der Waals surface area contributed by atoms with Crippen LogP contribution in [0, 0.1) is 19.3 Å². The van der Waals surface area contributed by atoms with Gasteiger partial charge in [-0.25, -0.2) is 0 Å². The number of H-pyrrole nitrogens is 1. The Labute approximate surface area is 136 Å². The Kier molecular flexibility index (Phi) is 3.25. The van der Waals surface area contributed by atoms with Crippen LogP contribution in [0.2, 0.25) is 0 Å². The molecule has 1 N–H and O–H groups in total. The van der Waals surface area contributed by atoms with E-state index in [4.69, 9.17) is 0 Å². The van der Waals surface area contributed by atoms with Crippen molar-refractivity contribution in [3.8, 4) is 0 Å². The minimum atomic E-state index is 0.198. The summed E-state index contributed by atoms with van der Waals surface area (Å²) in [7, 11) is 0. The van der Waals surface area contributed by atoms with Crippen molar-refractivity contribution in [1.82, 2.24) is 20.1 Å². The third kappa shape index (κ3) is 2.18. The first kappa shape index (κ1) is 14.4. The van der Waals surface area contributed by atoms with Crippen LogP contribution in [-0.4, -0.2) is 32.5 Å². The van der Waals surface area contributed by atoms with Crippen LogP contribution in [0.1, 0.15) is 47.8 Å². The van der Waals surface area contributed by atoms with E-state index in [1.165, 1.54) is 24.8 Å². The van der Waals surface area contributed by atoms with E-state index in [-0.39, 0.29) is 11.9 Å². The summed E-state index contributed by atoms with van der Waals surface area (Å²) in [5.41, 5.74) is 4.43. The molecule has 2 aromatic rings. The highest BCUT2D eigenvalue weighted by molar-refractivity contribution is 5.81. The van der Waals surface area contributed by atoms with E-state index in [2.05, 4.69) is 21.2 Å². The van der Waals surface area contributed by atoms with Gasteiger partial charge in [0, 0.05) is 35.6 Å². The van der Waals surface area contributed by atoms with Crippen LogP contribution in [0.25, 0.3) is 0 Å². The SMILES string of the molecule is Cc1n[nH]c(C)c1CC(=O)N1CC2(CCC2)C1c1cccnc1. The molecular weight excluding hydrogens is 288 g/mol. The lowest BCUT2D eigenvalue weighted by atomic mass is 9.56. The van der Waals surface area contributed by atoms with Gasteiger partial charge in [-0.15, -0.1) is 0 Å². The number of hydrogen-bond acceptors (Lipinski definition) is 3. The highest BCUT2D eigenvalue weighted by atomic mass is 16.2. The minimum Gasteiger partial charge on any atom is -0.334 e. The van der Waals surface area contributed by atoms with E-state index < -0.39 is 0 Å². The molecule has 1 unspecified atom stereocenters. The molecule has 2 fully saturated rings. The summed E-state index contributed by atoms with van der Waals surface area (Å²) in [5, 5.41) is 7.17. The summed E-state index contributed by atoms with van der Waals surface area (Å²) in [4.78, 5) is 19.2. The number of nitrogens with one attached hydrogen (secondary N) is 1. The van der Waals surface area contributed by atoms with Crippen LogP contribution >= 0.6 is 0 Å². The number of aryl methyl sites for hydroxylation is 2. The molecule has 3 heterocycles. The molecule has 1 saturated carbocycles. The van der Waals surface area contributed by atoms with Crippen LogP contribution in [-0.2, 0) is 11.2 Å². The van der Waals surface area contributed by atoms with Crippen molar-refractivity contribution in [1.29, 1.82) is 0 Å². The maximum Gasteiger partial charge on any atom is 0.227 e. The zero-order valence-corrected chi connectivity index (χ0v) is 13.7. The van der Waals surface area contributed by atoms with Crippen molar-refractivity contribution in [3.05, 3.63) is 47.0 Å². The average molecular weight is 310 g/mol. The van der Waals surface area contributed by atoms with Crippen molar-refractivity contribution in [3.63, 3.8) is 0 Å². The van der Waals surface area contributed by atoms with E-state index in [1.807, 2.05) is 31.0 Å². The number of carbonyl (C=O) groups excluding carboxylic acids is 1. The van der Waals surface area contributed by atoms with E-state index in [0.29, 0.717) is 11.8 Å². The lowest BCUT2D eigenvalue weighted by molar-refractivity contribution is -0.168. The Bertz CT molecular complexity index is 713. The van der Waals surface area contributed by atoms with Crippen molar-refractivity contribution >= 4 is 5.91 Å². The van der Waals surface area contributed by atoms with Gasteiger partial charge in [0.2, 0.25) is 5.91 Å². The Hall–Kier alpha value is -2.17. The van der Waals surface area contributed by atoms with Gasteiger partial charge in [-0.05, 0) is 38.3 Å². The van der Waals surface area contributed by atoms with E-state index >= 15 is 0 Å². The fourth-order valence-corrected chi connectivity index (χ4v) is 4.19. The number of aromatic nitrogens is 3. The van der Waals surface area contributed by atoms with Crippen LogP contribution < -0.4 is 0 Å². The molecule has 1 aliphatic heterocycles. The molecule has 0 radical (unpaired) electrons. The number of rotatable bonds is 3. The number of aromatic amines is 1. The molecule has 1 atom stereocenters. The van der Waals surface area contributed by atoms with Crippen LogP contribution in [0.15, 0.2) is 24.5 Å². The second kappa shape index (κ2) is 5.18. The van der Waals surface area contributed by atoms with E-state index in [1.54, 1.807) is 6.20 Å². The van der Waals surface area contributed by atoms with Gasteiger partial charge in [-0.2, -0.15) is 5.10 Å². The molecule has 120 valence electrons. The van der Waals surface area contributed by atoms with Gasteiger partial charge in [0.25, 0.3) is 0 Å². The van der Waals surface area contributed by atoms with Gasteiger partial charge in [-0.1, -0.05) is 12.5 Å². The maximum absolute atomic E-state index is 12.9. The molecule has 1 amide bonds. The van der Waals surface area contributed by atoms with Gasteiger partial charge in [0.05, 0.1) is 18.2 Å². The summed E-state index contributed by atoms with van der Waals surface area (Å²) in [6.45, 7) is 4.82. The zero-order chi connectivity index (χ0) is 16.0. The molecule has 4 rings (SSSR count). The fourth-order valence-electron chi connectivity index (χ4n) is 4.19. The first-order chi connectivity index (χ1) is 11.1. The molecule has 5 nitrogen and oxygen atoms in total. The summed E-state index contributed by atoms with van der Waals surface area (Å²) in [5.74, 6) is 0.198. The van der Waals surface area contributed by atoms with Crippen LogP contribution in [0.3, 0.4) is 0 Å². The Balaban J connectivity index is 1.57. The minimum absolute atomic E-state index is 0.198. The van der Waals surface area contributed by atoms with Crippen LogP contribution in [0.4, 0.5) is 0 Å². The molecule has 23 heavy (non-hydrogen) atoms. The maximum atomic E-state index is 12.9. The molecule has 2 aromatic heterocycles. The second-order valence-corrected chi connectivity index (χ2v) is 7.02. The van der Waals surface area contributed by atoms with Crippen molar-refractivity contribution in [2.24, 2.45) is 5.41 Å². The third-order valence-electron chi connectivity index (χ3n) is 5.66. The molecule has 0 aromatic carbocycles. The second-order valence-electron chi connectivity index (χ2n) is 7.02. The topological polar surface area (TPSA) is 61.9 Å². The van der Waals surface area contributed by atoms with Gasteiger partial charge >= 0.3 is 0 Å². The van der Waals surface area contributed by atoms with Gasteiger partial charge in [-0.3, -0.25) is 14.9 Å². The number of hydrogen-bond donors (Lipinski definition) is 1. The molecule has 1 spiro atoms. The predicted molar refractivity (Wildman–Crippen MR) is 86.7 cm³/mol. The third-order valence-corrected chi connectivity index (χ3v) is 5.66. The van der Waals surface area contributed by atoms with Gasteiger partial charge in [0.1, 0.15) is 0 Å². The lowest BCUT2D eigenvalue weighted by Gasteiger charge is -2.62. The predicted octanol–water partition coefficient (Wildman–Crippen LogP) is 2.72. The van der Waals surface area contributed by atoms with E-state index in [0.717, 1.165) is 23.5 Å². The number of likely N-dealkylation sites (tertiary alicyclic amines) is 1. The normalized spacial score (nSPS) is 21.8.